The maximum Gasteiger partial charge on any atom is 0.196 e. The van der Waals surface area contributed by atoms with Gasteiger partial charge in [-0.3, -0.25) is 0 Å². The van der Waals surface area contributed by atoms with E-state index in [1.807, 2.05) is 25.1 Å². The molecule has 0 aliphatic carbocycles. The molecular weight excluding hydrogens is 272 g/mol. The van der Waals surface area contributed by atoms with Crippen LogP contribution >= 0.6 is 11.6 Å². The van der Waals surface area contributed by atoms with Gasteiger partial charge in [-0.2, -0.15) is 0 Å². The summed E-state index contributed by atoms with van der Waals surface area (Å²) in [5.41, 5.74) is 2.19. The quantitative estimate of drug-likeness (QED) is 0.916. The van der Waals surface area contributed by atoms with Crippen LogP contribution in [0.3, 0.4) is 0 Å². The number of halogens is 1. The van der Waals surface area contributed by atoms with Crippen LogP contribution < -0.4 is 5.32 Å². The van der Waals surface area contributed by atoms with Crippen LogP contribution in [0.15, 0.2) is 28.8 Å². The Balaban J connectivity index is 2.05. The molecule has 2 rings (SSSR count). The minimum atomic E-state index is 0.111. The van der Waals surface area contributed by atoms with Gasteiger partial charge in [-0.1, -0.05) is 11.6 Å². The molecule has 4 heteroatoms. The van der Waals surface area contributed by atoms with Gasteiger partial charge in [-0.05, 0) is 51.5 Å². The summed E-state index contributed by atoms with van der Waals surface area (Å²) >= 11 is 6.07. The van der Waals surface area contributed by atoms with Gasteiger partial charge in [0, 0.05) is 29.1 Å². The summed E-state index contributed by atoms with van der Waals surface area (Å²) in [5.74, 6) is 1.51. The Hall–Kier alpha value is -1.32. The van der Waals surface area contributed by atoms with Gasteiger partial charge in [-0.15, -0.1) is 0 Å². The molecule has 0 unspecified atom stereocenters. The van der Waals surface area contributed by atoms with Crippen molar-refractivity contribution in [3.8, 4) is 11.3 Å². The first kappa shape index (κ1) is 15.1. The second-order valence-electron chi connectivity index (χ2n) is 6.06. The van der Waals surface area contributed by atoms with E-state index in [1.54, 1.807) is 6.20 Å². The fraction of sp³-hybridized carbons (Fsp3) is 0.438. The van der Waals surface area contributed by atoms with Crippen molar-refractivity contribution in [3.05, 3.63) is 40.9 Å². The molecule has 0 aliphatic rings. The van der Waals surface area contributed by atoms with Crippen LogP contribution in [-0.2, 0) is 6.42 Å². The number of benzene rings is 1. The highest BCUT2D eigenvalue weighted by molar-refractivity contribution is 6.30. The number of oxazole rings is 1. The molecule has 0 amide bonds. The molecule has 0 bridgehead atoms. The van der Waals surface area contributed by atoms with E-state index in [9.17, 15) is 0 Å². The zero-order valence-electron chi connectivity index (χ0n) is 12.5. The molecule has 1 aromatic carbocycles. The van der Waals surface area contributed by atoms with Gasteiger partial charge in [0.2, 0.25) is 0 Å². The third-order valence-corrected chi connectivity index (χ3v) is 3.09. The maximum absolute atomic E-state index is 6.07. The van der Waals surface area contributed by atoms with Crippen molar-refractivity contribution in [2.24, 2.45) is 0 Å². The lowest BCUT2D eigenvalue weighted by Gasteiger charge is -2.19. The Morgan fingerprint density at radius 2 is 2.00 bits per heavy atom. The number of rotatable bonds is 4. The van der Waals surface area contributed by atoms with Crippen LogP contribution in [0.4, 0.5) is 0 Å². The first-order valence-corrected chi connectivity index (χ1v) is 7.18. The lowest BCUT2D eigenvalue weighted by molar-refractivity contribution is 0.412. The first-order chi connectivity index (χ1) is 9.33. The Kier molecular flexibility index (Phi) is 4.51. The molecule has 0 spiro atoms. The van der Waals surface area contributed by atoms with E-state index in [1.165, 1.54) is 0 Å². The molecular formula is C16H21ClN2O. The van der Waals surface area contributed by atoms with E-state index in [-0.39, 0.29) is 5.54 Å². The summed E-state index contributed by atoms with van der Waals surface area (Å²) in [4.78, 5) is 4.32. The van der Waals surface area contributed by atoms with Crippen LogP contribution in [0.1, 0.15) is 32.2 Å². The van der Waals surface area contributed by atoms with Gasteiger partial charge in [0.15, 0.2) is 11.7 Å². The topological polar surface area (TPSA) is 38.1 Å². The summed E-state index contributed by atoms with van der Waals surface area (Å²) in [6.45, 7) is 9.28. The zero-order valence-corrected chi connectivity index (χ0v) is 13.2. The minimum absolute atomic E-state index is 0.111. The monoisotopic (exact) mass is 292 g/mol. The van der Waals surface area contributed by atoms with Crippen LogP contribution in [0.2, 0.25) is 5.02 Å². The second-order valence-corrected chi connectivity index (χ2v) is 6.50. The van der Waals surface area contributed by atoms with Gasteiger partial charge in [0.05, 0.1) is 6.20 Å². The third kappa shape index (κ3) is 4.36. The summed E-state index contributed by atoms with van der Waals surface area (Å²) in [6.07, 6.45) is 2.54. The molecule has 0 fully saturated rings. The molecule has 0 radical (unpaired) electrons. The number of nitrogens with zero attached hydrogens (tertiary/aromatic N) is 1. The summed E-state index contributed by atoms with van der Waals surface area (Å²) < 4.78 is 5.78. The van der Waals surface area contributed by atoms with Gasteiger partial charge >= 0.3 is 0 Å². The molecule has 0 aliphatic heterocycles. The maximum atomic E-state index is 6.07. The van der Waals surface area contributed by atoms with E-state index >= 15 is 0 Å². The molecule has 20 heavy (non-hydrogen) atoms. The smallest absolute Gasteiger partial charge is 0.196 e. The van der Waals surface area contributed by atoms with Crippen LogP contribution in [0.5, 0.6) is 0 Å². The summed E-state index contributed by atoms with van der Waals surface area (Å²) in [6, 6.07) is 5.87. The van der Waals surface area contributed by atoms with Crippen molar-refractivity contribution in [3.63, 3.8) is 0 Å². The highest BCUT2D eigenvalue weighted by atomic mass is 35.5. The Bertz CT molecular complexity index is 564. The average molecular weight is 293 g/mol. The number of aryl methyl sites for hydroxylation is 1. The fourth-order valence-corrected chi connectivity index (χ4v) is 2.27. The van der Waals surface area contributed by atoms with Gasteiger partial charge in [0.1, 0.15) is 0 Å². The summed E-state index contributed by atoms with van der Waals surface area (Å²) in [7, 11) is 0. The van der Waals surface area contributed by atoms with Crippen LogP contribution in [0.25, 0.3) is 11.3 Å². The lowest BCUT2D eigenvalue weighted by atomic mass is 10.1. The first-order valence-electron chi connectivity index (χ1n) is 6.81. The van der Waals surface area contributed by atoms with Gasteiger partial charge in [-0.25, -0.2) is 4.98 Å². The second kappa shape index (κ2) is 5.98. The molecule has 1 N–H and O–H groups in total. The van der Waals surface area contributed by atoms with E-state index in [4.69, 9.17) is 16.0 Å². The molecule has 1 heterocycles. The van der Waals surface area contributed by atoms with Crippen molar-refractivity contribution in [1.82, 2.24) is 10.3 Å². The third-order valence-electron chi connectivity index (χ3n) is 2.87. The molecule has 0 saturated heterocycles. The zero-order chi connectivity index (χ0) is 14.8. The lowest BCUT2D eigenvalue weighted by Crippen LogP contribution is -2.37. The Labute approximate surface area is 125 Å². The highest BCUT2D eigenvalue weighted by Crippen LogP contribution is 2.25. The van der Waals surface area contributed by atoms with Gasteiger partial charge in [0.25, 0.3) is 0 Å². The predicted molar refractivity (Wildman–Crippen MR) is 83.1 cm³/mol. The molecule has 3 nitrogen and oxygen atoms in total. The molecule has 0 atom stereocenters. The van der Waals surface area contributed by atoms with E-state index in [0.717, 1.165) is 35.7 Å². The van der Waals surface area contributed by atoms with E-state index < -0.39 is 0 Å². The van der Waals surface area contributed by atoms with E-state index in [2.05, 4.69) is 31.1 Å². The fourth-order valence-electron chi connectivity index (χ4n) is 1.98. The van der Waals surface area contributed by atoms with Crippen molar-refractivity contribution in [2.45, 2.75) is 39.7 Å². The van der Waals surface area contributed by atoms with Gasteiger partial charge < -0.3 is 9.73 Å². The SMILES string of the molecule is Cc1cc(Cl)cc(-c2cnc(CCNC(C)(C)C)o2)c1. The van der Waals surface area contributed by atoms with Crippen molar-refractivity contribution in [1.29, 1.82) is 0 Å². The molecule has 2 aromatic rings. The largest absolute Gasteiger partial charge is 0.441 e. The molecule has 1 aromatic heterocycles. The number of hydrogen-bond acceptors (Lipinski definition) is 3. The molecule has 108 valence electrons. The van der Waals surface area contributed by atoms with Crippen molar-refractivity contribution >= 4 is 11.6 Å². The average Bonchev–Trinajstić information content (AvgIpc) is 2.74. The number of hydrogen-bond donors (Lipinski definition) is 1. The Morgan fingerprint density at radius 1 is 1.25 bits per heavy atom. The summed E-state index contributed by atoms with van der Waals surface area (Å²) in [5, 5.41) is 4.13. The normalized spacial score (nSPS) is 11.8. The highest BCUT2D eigenvalue weighted by Gasteiger charge is 2.11. The number of nitrogens with one attached hydrogen (secondary N) is 1. The number of aromatic nitrogens is 1. The van der Waals surface area contributed by atoms with Crippen LogP contribution in [-0.4, -0.2) is 17.1 Å². The standard InChI is InChI=1S/C16H21ClN2O/c1-11-7-12(9-13(17)8-11)14-10-18-15(20-14)5-6-19-16(2,3)4/h7-10,19H,5-6H2,1-4H3. The van der Waals surface area contributed by atoms with E-state index in [0.29, 0.717) is 5.02 Å². The van der Waals surface area contributed by atoms with Crippen molar-refractivity contribution in [2.75, 3.05) is 6.54 Å². The predicted octanol–water partition coefficient (Wildman–Crippen LogP) is 4.23. The Morgan fingerprint density at radius 3 is 2.65 bits per heavy atom. The van der Waals surface area contributed by atoms with Crippen molar-refractivity contribution < 1.29 is 4.42 Å². The molecule has 0 saturated carbocycles. The van der Waals surface area contributed by atoms with Crippen LogP contribution in [0, 0.1) is 6.92 Å². The minimum Gasteiger partial charge on any atom is -0.441 e.